The number of hydrogen-bond acceptors (Lipinski definition) is 2. The maximum atomic E-state index is 12.0. The van der Waals surface area contributed by atoms with Crippen LogP contribution in [0.1, 0.15) is 38.7 Å². The van der Waals surface area contributed by atoms with Crippen LogP contribution in [0.4, 0.5) is 4.79 Å². The molecule has 1 aliphatic heterocycles. The molecule has 0 radical (unpaired) electrons. The van der Waals surface area contributed by atoms with E-state index >= 15 is 0 Å². The number of urea groups is 1. The van der Waals surface area contributed by atoms with Gasteiger partial charge < -0.3 is 10.6 Å². The summed E-state index contributed by atoms with van der Waals surface area (Å²) in [4.78, 5) is 14.5. The minimum atomic E-state index is -0.0390. The van der Waals surface area contributed by atoms with Crippen LogP contribution >= 0.6 is 0 Å². The minimum absolute atomic E-state index is 0.0390. The van der Waals surface area contributed by atoms with Gasteiger partial charge in [0.2, 0.25) is 0 Å². The number of carbonyl (C=O) groups excluding carboxylic acids is 1. The third kappa shape index (κ3) is 6.61. The van der Waals surface area contributed by atoms with E-state index in [9.17, 15) is 4.79 Å². The summed E-state index contributed by atoms with van der Waals surface area (Å²) in [6.07, 6.45) is 4.55. The molecule has 2 amide bonds. The fraction of sp³-hybridized carbons (Fsp3) is 0.632. The molecule has 1 saturated heterocycles. The molecule has 4 heteroatoms. The molecule has 1 aromatic carbocycles. The summed E-state index contributed by atoms with van der Waals surface area (Å²) >= 11 is 0. The zero-order valence-electron chi connectivity index (χ0n) is 14.6. The Morgan fingerprint density at radius 2 is 1.83 bits per heavy atom. The van der Waals surface area contributed by atoms with Crippen LogP contribution in [0, 0.1) is 5.92 Å². The van der Waals surface area contributed by atoms with Crippen molar-refractivity contribution >= 4 is 6.03 Å². The molecule has 1 aromatic rings. The predicted molar refractivity (Wildman–Crippen MR) is 95.6 cm³/mol. The van der Waals surface area contributed by atoms with Crippen molar-refractivity contribution in [2.45, 2.75) is 45.6 Å². The lowest BCUT2D eigenvalue weighted by Crippen LogP contribution is -2.46. The van der Waals surface area contributed by atoms with Gasteiger partial charge in [-0.15, -0.1) is 0 Å². The molecular formula is C19H31N3O. The van der Waals surface area contributed by atoms with Gasteiger partial charge in [0.15, 0.2) is 0 Å². The number of amides is 2. The Balaban J connectivity index is 1.81. The molecule has 0 bridgehead atoms. The Bertz CT molecular complexity index is 455. The van der Waals surface area contributed by atoms with E-state index in [1.807, 2.05) is 0 Å². The van der Waals surface area contributed by atoms with Gasteiger partial charge in [-0.2, -0.15) is 0 Å². The van der Waals surface area contributed by atoms with Crippen LogP contribution in [0.2, 0.25) is 0 Å². The number of rotatable bonds is 8. The summed E-state index contributed by atoms with van der Waals surface area (Å²) in [7, 11) is 0. The molecule has 2 N–H and O–H groups in total. The van der Waals surface area contributed by atoms with Gasteiger partial charge in [-0.05, 0) is 50.3 Å². The van der Waals surface area contributed by atoms with E-state index in [-0.39, 0.29) is 6.03 Å². The number of likely N-dealkylation sites (tertiary alicyclic amines) is 1. The Labute approximate surface area is 140 Å². The molecule has 0 aliphatic carbocycles. The van der Waals surface area contributed by atoms with Crippen molar-refractivity contribution < 1.29 is 4.79 Å². The first-order valence-electron chi connectivity index (χ1n) is 8.95. The second kappa shape index (κ2) is 9.56. The van der Waals surface area contributed by atoms with Crippen LogP contribution in [0.15, 0.2) is 30.3 Å². The normalized spacial score (nSPS) is 16.5. The fourth-order valence-corrected chi connectivity index (χ4v) is 3.07. The van der Waals surface area contributed by atoms with E-state index in [2.05, 4.69) is 59.7 Å². The monoisotopic (exact) mass is 317 g/mol. The van der Waals surface area contributed by atoms with Crippen LogP contribution in [-0.2, 0) is 6.42 Å². The van der Waals surface area contributed by atoms with Crippen LogP contribution in [0.3, 0.4) is 0 Å². The first-order chi connectivity index (χ1) is 11.1. The zero-order chi connectivity index (χ0) is 16.5. The minimum Gasteiger partial charge on any atom is -0.338 e. The predicted octanol–water partition coefficient (Wildman–Crippen LogP) is 3.04. The van der Waals surface area contributed by atoms with E-state index in [0.29, 0.717) is 18.5 Å². The number of nitrogens with one attached hydrogen (secondary N) is 2. The van der Waals surface area contributed by atoms with Crippen molar-refractivity contribution in [2.24, 2.45) is 5.92 Å². The van der Waals surface area contributed by atoms with Crippen molar-refractivity contribution in [3.05, 3.63) is 35.9 Å². The van der Waals surface area contributed by atoms with E-state index in [1.165, 1.54) is 18.4 Å². The standard InChI is InChI=1S/C19H31N3O/c1-16(2)10-11-20-19(23)21-15-18(22-12-6-7-13-22)14-17-8-4-3-5-9-17/h3-5,8-9,16,18H,6-7,10-15H2,1-2H3,(H2,20,21,23). The highest BCUT2D eigenvalue weighted by Crippen LogP contribution is 2.15. The lowest BCUT2D eigenvalue weighted by molar-refractivity contribution is 0.218. The highest BCUT2D eigenvalue weighted by Gasteiger charge is 2.22. The molecule has 23 heavy (non-hydrogen) atoms. The average Bonchev–Trinajstić information content (AvgIpc) is 3.06. The highest BCUT2D eigenvalue weighted by atomic mass is 16.2. The zero-order valence-corrected chi connectivity index (χ0v) is 14.6. The van der Waals surface area contributed by atoms with Crippen LogP contribution in [0.25, 0.3) is 0 Å². The molecule has 1 heterocycles. The second-order valence-electron chi connectivity index (χ2n) is 6.91. The summed E-state index contributed by atoms with van der Waals surface area (Å²) in [5.41, 5.74) is 1.34. The average molecular weight is 317 g/mol. The second-order valence-corrected chi connectivity index (χ2v) is 6.91. The van der Waals surface area contributed by atoms with Crippen LogP contribution in [-0.4, -0.2) is 43.2 Å². The van der Waals surface area contributed by atoms with Crippen molar-refractivity contribution in [1.82, 2.24) is 15.5 Å². The Kier molecular flexibility index (Phi) is 7.40. The molecule has 1 aliphatic rings. The van der Waals surface area contributed by atoms with Crippen molar-refractivity contribution in [1.29, 1.82) is 0 Å². The van der Waals surface area contributed by atoms with Gasteiger partial charge in [-0.1, -0.05) is 44.2 Å². The van der Waals surface area contributed by atoms with Gasteiger partial charge in [0, 0.05) is 19.1 Å². The van der Waals surface area contributed by atoms with Gasteiger partial charge in [-0.25, -0.2) is 4.79 Å². The van der Waals surface area contributed by atoms with E-state index in [4.69, 9.17) is 0 Å². The molecule has 0 aromatic heterocycles. The number of hydrogen-bond donors (Lipinski definition) is 2. The summed E-state index contributed by atoms with van der Waals surface area (Å²) in [5, 5.41) is 6.02. The highest BCUT2D eigenvalue weighted by molar-refractivity contribution is 5.73. The first kappa shape index (κ1) is 17.8. The van der Waals surface area contributed by atoms with Crippen molar-refractivity contribution in [2.75, 3.05) is 26.2 Å². The topological polar surface area (TPSA) is 44.4 Å². The van der Waals surface area contributed by atoms with E-state index in [1.54, 1.807) is 0 Å². The lowest BCUT2D eigenvalue weighted by atomic mass is 10.0. The van der Waals surface area contributed by atoms with E-state index in [0.717, 1.165) is 32.5 Å². The molecule has 128 valence electrons. The molecule has 1 fully saturated rings. The number of nitrogens with zero attached hydrogens (tertiary/aromatic N) is 1. The van der Waals surface area contributed by atoms with Gasteiger partial charge in [0.25, 0.3) is 0 Å². The number of benzene rings is 1. The summed E-state index contributed by atoms with van der Waals surface area (Å²) in [6.45, 7) is 8.09. The molecule has 1 atom stereocenters. The largest absolute Gasteiger partial charge is 0.338 e. The molecule has 0 saturated carbocycles. The first-order valence-corrected chi connectivity index (χ1v) is 8.95. The molecule has 1 unspecified atom stereocenters. The van der Waals surface area contributed by atoms with Gasteiger partial charge in [0.1, 0.15) is 0 Å². The maximum Gasteiger partial charge on any atom is 0.314 e. The Hall–Kier alpha value is -1.55. The van der Waals surface area contributed by atoms with Crippen molar-refractivity contribution in [3.8, 4) is 0 Å². The summed E-state index contributed by atoms with van der Waals surface area (Å²) in [6, 6.07) is 10.9. The Morgan fingerprint density at radius 3 is 2.48 bits per heavy atom. The summed E-state index contributed by atoms with van der Waals surface area (Å²) in [5.74, 6) is 0.616. The van der Waals surface area contributed by atoms with Gasteiger partial charge in [0.05, 0.1) is 0 Å². The maximum absolute atomic E-state index is 12.0. The number of carbonyl (C=O) groups is 1. The third-order valence-corrected chi connectivity index (χ3v) is 4.48. The SMILES string of the molecule is CC(C)CCNC(=O)NCC(Cc1ccccc1)N1CCCC1. The van der Waals surface area contributed by atoms with E-state index < -0.39 is 0 Å². The molecule has 2 rings (SSSR count). The van der Waals surface area contributed by atoms with Crippen LogP contribution < -0.4 is 10.6 Å². The smallest absolute Gasteiger partial charge is 0.314 e. The summed E-state index contributed by atoms with van der Waals surface area (Å²) < 4.78 is 0. The van der Waals surface area contributed by atoms with Crippen molar-refractivity contribution in [3.63, 3.8) is 0 Å². The Morgan fingerprint density at radius 1 is 1.13 bits per heavy atom. The molecule has 4 nitrogen and oxygen atoms in total. The quantitative estimate of drug-likeness (QED) is 0.774. The third-order valence-electron chi connectivity index (χ3n) is 4.48. The molecule has 0 spiro atoms. The lowest BCUT2D eigenvalue weighted by Gasteiger charge is -2.28. The van der Waals surface area contributed by atoms with Gasteiger partial charge in [-0.3, -0.25) is 4.90 Å². The van der Waals surface area contributed by atoms with Gasteiger partial charge >= 0.3 is 6.03 Å². The fourth-order valence-electron chi connectivity index (χ4n) is 3.07. The van der Waals surface area contributed by atoms with Crippen LogP contribution in [0.5, 0.6) is 0 Å². The molecular weight excluding hydrogens is 286 g/mol.